The van der Waals surface area contributed by atoms with Gasteiger partial charge in [0.05, 0.1) is 0 Å². The van der Waals surface area contributed by atoms with E-state index in [1.165, 1.54) is 62.4 Å². The molecule has 2 aliphatic heterocycles. The van der Waals surface area contributed by atoms with Crippen LogP contribution in [0.2, 0.25) is 0 Å². The average Bonchev–Trinajstić information content (AvgIpc) is 2.89. The molecule has 0 aliphatic carbocycles. The van der Waals surface area contributed by atoms with E-state index in [0.717, 1.165) is 13.1 Å². The summed E-state index contributed by atoms with van der Waals surface area (Å²) in [6, 6.07) is 6.94. The summed E-state index contributed by atoms with van der Waals surface area (Å²) in [5.41, 5.74) is 4.32. The van der Waals surface area contributed by atoms with Crippen molar-refractivity contribution in [1.29, 1.82) is 0 Å². The minimum Gasteiger partial charge on any atom is -0.384 e. The maximum atomic E-state index is 3.43. The third-order valence-electron chi connectivity index (χ3n) is 4.29. The Kier molecular flexibility index (Phi) is 4.04. The van der Waals surface area contributed by atoms with Gasteiger partial charge in [-0.1, -0.05) is 19.1 Å². The second-order valence-electron chi connectivity index (χ2n) is 5.79. The fourth-order valence-corrected chi connectivity index (χ4v) is 3.20. The van der Waals surface area contributed by atoms with Gasteiger partial charge in [-0.3, -0.25) is 4.90 Å². The first-order chi connectivity index (χ1) is 9.35. The maximum absolute atomic E-state index is 3.43. The molecule has 19 heavy (non-hydrogen) atoms. The molecule has 1 saturated heterocycles. The lowest BCUT2D eigenvalue weighted by molar-refractivity contribution is 0.127. The van der Waals surface area contributed by atoms with E-state index in [0.29, 0.717) is 0 Å². The zero-order valence-corrected chi connectivity index (χ0v) is 12.0. The summed E-state index contributed by atoms with van der Waals surface area (Å²) in [6.07, 6.45) is 2.46. The van der Waals surface area contributed by atoms with Crippen molar-refractivity contribution >= 4 is 5.69 Å². The Balaban J connectivity index is 1.55. The number of hydrogen-bond acceptors (Lipinski definition) is 3. The fourth-order valence-electron chi connectivity index (χ4n) is 3.20. The Morgan fingerprint density at radius 2 is 1.89 bits per heavy atom. The summed E-state index contributed by atoms with van der Waals surface area (Å²) in [7, 11) is 0. The van der Waals surface area contributed by atoms with Crippen LogP contribution >= 0.6 is 0 Å². The molecule has 2 aliphatic rings. The lowest BCUT2D eigenvalue weighted by Gasteiger charge is -2.34. The molecule has 0 bridgehead atoms. The van der Waals surface area contributed by atoms with E-state index in [2.05, 4.69) is 40.2 Å². The van der Waals surface area contributed by atoms with Gasteiger partial charge in [0.25, 0.3) is 0 Å². The number of rotatable bonds is 4. The number of anilines is 1. The molecule has 0 amide bonds. The molecular weight excluding hydrogens is 234 g/mol. The molecule has 3 nitrogen and oxygen atoms in total. The lowest BCUT2D eigenvalue weighted by atomic mass is 10.1. The maximum Gasteiger partial charge on any atom is 0.0373 e. The first kappa shape index (κ1) is 12.9. The number of piperazine rings is 1. The summed E-state index contributed by atoms with van der Waals surface area (Å²) in [5.74, 6) is 0. The van der Waals surface area contributed by atoms with Crippen LogP contribution < -0.4 is 5.32 Å². The molecule has 3 rings (SSSR count). The standard InChI is InChI=1S/C16H25N3/c1-2-7-18-8-10-19(11-9-18)13-14-3-4-16-15(12-14)5-6-17-16/h3-4,12,17H,2,5-11,13H2,1H3. The highest BCUT2D eigenvalue weighted by molar-refractivity contribution is 5.56. The second-order valence-corrected chi connectivity index (χ2v) is 5.79. The molecular formula is C16H25N3. The molecule has 0 atom stereocenters. The number of nitrogens with one attached hydrogen (secondary N) is 1. The molecule has 104 valence electrons. The SMILES string of the molecule is CCCN1CCN(Cc2ccc3c(c2)CCN3)CC1. The molecule has 1 aromatic carbocycles. The fraction of sp³-hybridized carbons (Fsp3) is 0.625. The molecule has 0 aromatic heterocycles. The second kappa shape index (κ2) is 5.93. The predicted molar refractivity (Wildman–Crippen MR) is 80.6 cm³/mol. The molecule has 0 saturated carbocycles. The van der Waals surface area contributed by atoms with Crippen molar-refractivity contribution < 1.29 is 0 Å². The van der Waals surface area contributed by atoms with Crippen LogP contribution in [0.1, 0.15) is 24.5 Å². The van der Waals surface area contributed by atoms with Gasteiger partial charge < -0.3 is 10.2 Å². The van der Waals surface area contributed by atoms with Crippen LogP contribution in [0.15, 0.2) is 18.2 Å². The molecule has 1 fully saturated rings. The Labute approximate surface area is 116 Å². The zero-order valence-electron chi connectivity index (χ0n) is 12.0. The molecule has 3 heteroatoms. The number of fused-ring (bicyclic) bond motifs is 1. The van der Waals surface area contributed by atoms with Crippen LogP contribution in [-0.2, 0) is 13.0 Å². The van der Waals surface area contributed by atoms with Gasteiger partial charge in [0.2, 0.25) is 0 Å². The van der Waals surface area contributed by atoms with Gasteiger partial charge in [-0.15, -0.1) is 0 Å². The average molecular weight is 259 g/mol. The Morgan fingerprint density at radius 1 is 1.11 bits per heavy atom. The van der Waals surface area contributed by atoms with Crippen LogP contribution in [-0.4, -0.2) is 49.1 Å². The summed E-state index contributed by atoms with van der Waals surface area (Å²) < 4.78 is 0. The van der Waals surface area contributed by atoms with Crippen molar-refractivity contribution in [3.8, 4) is 0 Å². The lowest BCUT2D eigenvalue weighted by Crippen LogP contribution is -2.45. The largest absolute Gasteiger partial charge is 0.384 e. The molecule has 2 heterocycles. The van der Waals surface area contributed by atoms with Gasteiger partial charge in [0, 0.05) is 45.0 Å². The number of hydrogen-bond donors (Lipinski definition) is 1. The predicted octanol–water partition coefficient (Wildman–Crippen LogP) is 2.18. The van der Waals surface area contributed by atoms with Crippen molar-refractivity contribution in [2.24, 2.45) is 0 Å². The van der Waals surface area contributed by atoms with Crippen molar-refractivity contribution in [2.45, 2.75) is 26.3 Å². The van der Waals surface area contributed by atoms with Gasteiger partial charge in [-0.25, -0.2) is 0 Å². The normalized spacial score (nSPS) is 20.3. The summed E-state index contributed by atoms with van der Waals surface area (Å²) in [6.45, 7) is 10.7. The van der Waals surface area contributed by atoms with Gasteiger partial charge in [-0.2, -0.15) is 0 Å². The Morgan fingerprint density at radius 3 is 2.68 bits per heavy atom. The quantitative estimate of drug-likeness (QED) is 0.894. The van der Waals surface area contributed by atoms with Crippen LogP contribution in [0.25, 0.3) is 0 Å². The van der Waals surface area contributed by atoms with E-state index in [-0.39, 0.29) is 0 Å². The molecule has 0 spiro atoms. The van der Waals surface area contributed by atoms with Crippen LogP contribution in [0.3, 0.4) is 0 Å². The van der Waals surface area contributed by atoms with Crippen LogP contribution in [0.5, 0.6) is 0 Å². The topological polar surface area (TPSA) is 18.5 Å². The van der Waals surface area contributed by atoms with Gasteiger partial charge in [0.15, 0.2) is 0 Å². The summed E-state index contributed by atoms with van der Waals surface area (Å²) in [5, 5.41) is 3.43. The van der Waals surface area contributed by atoms with E-state index < -0.39 is 0 Å². The first-order valence-electron chi connectivity index (χ1n) is 7.65. The minimum absolute atomic E-state index is 1.11. The van der Waals surface area contributed by atoms with Gasteiger partial charge >= 0.3 is 0 Å². The van der Waals surface area contributed by atoms with Crippen molar-refractivity contribution in [1.82, 2.24) is 9.80 Å². The van der Waals surface area contributed by atoms with E-state index in [4.69, 9.17) is 0 Å². The van der Waals surface area contributed by atoms with Crippen molar-refractivity contribution in [3.05, 3.63) is 29.3 Å². The molecule has 1 aromatic rings. The number of nitrogens with zero attached hydrogens (tertiary/aromatic N) is 2. The van der Waals surface area contributed by atoms with E-state index in [9.17, 15) is 0 Å². The summed E-state index contributed by atoms with van der Waals surface area (Å²) >= 11 is 0. The van der Waals surface area contributed by atoms with Crippen molar-refractivity contribution in [3.63, 3.8) is 0 Å². The number of benzene rings is 1. The van der Waals surface area contributed by atoms with E-state index in [1.807, 2.05) is 0 Å². The van der Waals surface area contributed by atoms with Crippen LogP contribution in [0, 0.1) is 0 Å². The highest BCUT2D eigenvalue weighted by atomic mass is 15.3. The Hall–Kier alpha value is -1.06. The van der Waals surface area contributed by atoms with E-state index in [1.54, 1.807) is 0 Å². The highest BCUT2D eigenvalue weighted by Gasteiger charge is 2.17. The zero-order chi connectivity index (χ0) is 13.1. The first-order valence-corrected chi connectivity index (χ1v) is 7.65. The minimum atomic E-state index is 1.11. The van der Waals surface area contributed by atoms with E-state index >= 15 is 0 Å². The van der Waals surface area contributed by atoms with Gasteiger partial charge in [0.1, 0.15) is 0 Å². The molecule has 0 radical (unpaired) electrons. The van der Waals surface area contributed by atoms with Crippen molar-refractivity contribution in [2.75, 3.05) is 44.6 Å². The highest BCUT2D eigenvalue weighted by Crippen LogP contribution is 2.23. The van der Waals surface area contributed by atoms with Crippen LogP contribution in [0.4, 0.5) is 5.69 Å². The monoisotopic (exact) mass is 259 g/mol. The smallest absolute Gasteiger partial charge is 0.0373 e. The summed E-state index contributed by atoms with van der Waals surface area (Å²) in [4.78, 5) is 5.18. The Bertz CT molecular complexity index is 422. The molecule has 0 unspecified atom stereocenters. The molecule has 1 N–H and O–H groups in total. The third kappa shape index (κ3) is 3.10. The van der Waals surface area contributed by atoms with Gasteiger partial charge in [-0.05, 0) is 36.6 Å². The third-order valence-corrected chi connectivity index (χ3v) is 4.29.